The van der Waals surface area contributed by atoms with Crippen molar-refractivity contribution in [2.24, 2.45) is 46.3 Å². The molecule has 0 bridgehead atoms. The molecule has 33 heavy (non-hydrogen) atoms. The summed E-state index contributed by atoms with van der Waals surface area (Å²) in [6.45, 7) is 10.0. The van der Waals surface area contributed by atoms with Crippen molar-refractivity contribution in [3.05, 3.63) is 0 Å². The maximum absolute atomic E-state index is 11.2. The summed E-state index contributed by atoms with van der Waals surface area (Å²) in [5.41, 5.74) is 1.01. The normalized spacial score (nSPS) is 46.8. The maximum Gasteiger partial charge on any atom is 0.303 e. The zero-order valence-corrected chi connectivity index (χ0v) is 21.6. The predicted molar refractivity (Wildman–Crippen MR) is 134 cm³/mol. The molecule has 4 nitrogen and oxygen atoms in total. The Morgan fingerprint density at radius 3 is 2.42 bits per heavy atom. The largest absolute Gasteiger partial charge is 0.481 e. The van der Waals surface area contributed by atoms with E-state index in [0.29, 0.717) is 23.2 Å². The fourth-order valence-corrected chi connectivity index (χ4v) is 10.3. The average molecular weight is 459 g/mol. The fraction of sp³-hybridized carbons (Fsp3) is 0.966. The van der Waals surface area contributed by atoms with E-state index in [-0.39, 0.29) is 0 Å². The molecule has 3 N–H and O–H groups in total. The Morgan fingerprint density at radius 1 is 0.939 bits per heavy atom. The number of rotatable bonds is 6. The first-order chi connectivity index (χ1) is 15.8. The molecule has 188 valence electrons. The van der Waals surface area contributed by atoms with Crippen LogP contribution in [-0.2, 0) is 4.79 Å². The highest BCUT2D eigenvalue weighted by Crippen LogP contribution is 2.68. The number of piperidine rings is 1. The summed E-state index contributed by atoms with van der Waals surface area (Å²) in [7, 11) is 0. The standard InChI is InChI=1S/C29H50N2O2/c1-19(4-9-27(32)33)24-7-8-25-23-6-5-20-18-22(31-21-12-16-30-17-13-21)10-14-28(20,2)26(23)11-15-29(24,25)3/h19-26,30-31H,4-18H2,1-3H3,(H,32,33)/t19-,20+,22-,23?,24-,25?,26?,28+,29-/m1/s1. The van der Waals surface area contributed by atoms with Gasteiger partial charge in [-0.2, -0.15) is 0 Å². The monoisotopic (exact) mass is 458 g/mol. The summed E-state index contributed by atoms with van der Waals surface area (Å²) in [6, 6.07) is 1.49. The van der Waals surface area contributed by atoms with Crippen LogP contribution in [0.4, 0.5) is 0 Å². The molecule has 0 aromatic carbocycles. The number of carboxylic acid groups (broad SMARTS) is 1. The van der Waals surface area contributed by atoms with Crippen LogP contribution in [0.25, 0.3) is 0 Å². The van der Waals surface area contributed by atoms with Crippen molar-refractivity contribution < 1.29 is 9.90 Å². The Kier molecular flexibility index (Phi) is 6.90. The van der Waals surface area contributed by atoms with Gasteiger partial charge in [0.1, 0.15) is 0 Å². The van der Waals surface area contributed by atoms with E-state index in [0.717, 1.165) is 48.1 Å². The highest BCUT2D eigenvalue weighted by molar-refractivity contribution is 5.66. The zero-order chi connectivity index (χ0) is 23.2. The second-order valence-electron chi connectivity index (χ2n) is 13.5. The minimum Gasteiger partial charge on any atom is -0.481 e. The number of hydrogen-bond acceptors (Lipinski definition) is 3. The third kappa shape index (κ3) is 4.41. The van der Waals surface area contributed by atoms with Crippen LogP contribution in [-0.4, -0.2) is 36.2 Å². The number of fused-ring (bicyclic) bond motifs is 5. The Hall–Kier alpha value is -0.610. The molecule has 1 saturated heterocycles. The minimum atomic E-state index is -0.623. The Morgan fingerprint density at radius 2 is 1.67 bits per heavy atom. The van der Waals surface area contributed by atoms with Gasteiger partial charge in [-0.25, -0.2) is 0 Å². The molecule has 0 radical (unpaired) electrons. The fourth-order valence-electron chi connectivity index (χ4n) is 10.3. The Labute approximate surface area is 202 Å². The smallest absolute Gasteiger partial charge is 0.303 e. The van der Waals surface area contributed by atoms with E-state index in [4.69, 9.17) is 0 Å². The molecule has 4 saturated carbocycles. The summed E-state index contributed by atoms with van der Waals surface area (Å²) in [5.74, 6) is 4.33. The van der Waals surface area contributed by atoms with Gasteiger partial charge in [-0.15, -0.1) is 0 Å². The molecule has 9 atom stereocenters. The van der Waals surface area contributed by atoms with Crippen LogP contribution in [0, 0.1) is 46.3 Å². The third-order valence-corrected chi connectivity index (χ3v) is 12.1. The molecule has 1 aliphatic heterocycles. The summed E-state index contributed by atoms with van der Waals surface area (Å²) in [5, 5.41) is 16.8. The molecule has 1 heterocycles. The van der Waals surface area contributed by atoms with Crippen molar-refractivity contribution in [2.75, 3.05) is 13.1 Å². The second-order valence-corrected chi connectivity index (χ2v) is 13.5. The highest BCUT2D eigenvalue weighted by Gasteiger charge is 2.60. The second kappa shape index (κ2) is 9.45. The first-order valence-corrected chi connectivity index (χ1v) is 14.5. The van der Waals surface area contributed by atoms with Gasteiger partial charge >= 0.3 is 5.97 Å². The molecule has 0 amide bonds. The van der Waals surface area contributed by atoms with E-state index in [1.165, 1.54) is 83.7 Å². The van der Waals surface area contributed by atoms with Crippen LogP contribution in [0.15, 0.2) is 0 Å². The van der Waals surface area contributed by atoms with E-state index in [1.807, 2.05) is 0 Å². The molecule has 5 rings (SSSR count). The topological polar surface area (TPSA) is 61.4 Å². The average Bonchev–Trinajstić information content (AvgIpc) is 3.16. The van der Waals surface area contributed by atoms with Crippen molar-refractivity contribution in [2.45, 2.75) is 116 Å². The molecule has 4 heteroatoms. The van der Waals surface area contributed by atoms with Crippen LogP contribution in [0.3, 0.4) is 0 Å². The summed E-state index contributed by atoms with van der Waals surface area (Å²) in [6.07, 6.45) is 16.5. The minimum absolute atomic E-state index is 0.344. The molecule has 5 fully saturated rings. The molecular weight excluding hydrogens is 408 g/mol. The van der Waals surface area contributed by atoms with Crippen LogP contribution in [0.1, 0.15) is 104 Å². The van der Waals surface area contributed by atoms with Gasteiger partial charge in [0, 0.05) is 18.5 Å². The lowest BCUT2D eigenvalue weighted by molar-refractivity contribution is -0.137. The van der Waals surface area contributed by atoms with E-state index < -0.39 is 5.97 Å². The SMILES string of the molecule is C[C@H](CCC(=O)O)[C@H]1CCC2C3CC[C@H]4C[C@H](NC5CCNCC5)CC[C@]4(C)C3CC[C@@]21C. The molecule has 0 spiro atoms. The maximum atomic E-state index is 11.2. The van der Waals surface area contributed by atoms with Gasteiger partial charge in [0.2, 0.25) is 0 Å². The van der Waals surface area contributed by atoms with E-state index in [9.17, 15) is 9.90 Å². The lowest BCUT2D eigenvalue weighted by atomic mass is 9.44. The number of aliphatic carboxylic acids is 1. The Bertz CT molecular complexity index is 706. The predicted octanol–water partition coefficient (Wildman–Crippen LogP) is 5.86. The van der Waals surface area contributed by atoms with Crippen LogP contribution >= 0.6 is 0 Å². The van der Waals surface area contributed by atoms with Crippen molar-refractivity contribution in [3.8, 4) is 0 Å². The molecule has 4 aliphatic carbocycles. The summed E-state index contributed by atoms with van der Waals surface area (Å²) < 4.78 is 0. The zero-order valence-electron chi connectivity index (χ0n) is 21.6. The third-order valence-electron chi connectivity index (χ3n) is 12.1. The van der Waals surface area contributed by atoms with Gasteiger partial charge in [-0.3, -0.25) is 4.79 Å². The lowest BCUT2D eigenvalue weighted by Gasteiger charge is -2.61. The quantitative estimate of drug-likeness (QED) is 0.467. The van der Waals surface area contributed by atoms with Crippen LogP contribution in [0.2, 0.25) is 0 Å². The first-order valence-electron chi connectivity index (χ1n) is 14.5. The molecule has 3 unspecified atom stereocenters. The molecule has 0 aromatic heterocycles. The number of carboxylic acids is 1. The van der Waals surface area contributed by atoms with E-state index in [2.05, 4.69) is 31.4 Å². The first kappa shape index (κ1) is 24.1. The van der Waals surface area contributed by atoms with Crippen LogP contribution < -0.4 is 10.6 Å². The van der Waals surface area contributed by atoms with Crippen LogP contribution in [0.5, 0.6) is 0 Å². The molecule has 5 aliphatic rings. The highest BCUT2D eigenvalue weighted by atomic mass is 16.4. The van der Waals surface area contributed by atoms with Crippen molar-refractivity contribution in [1.29, 1.82) is 0 Å². The van der Waals surface area contributed by atoms with Gasteiger partial charge in [-0.1, -0.05) is 20.8 Å². The number of hydrogen-bond donors (Lipinski definition) is 3. The van der Waals surface area contributed by atoms with Gasteiger partial charge in [0.15, 0.2) is 0 Å². The van der Waals surface area contributed by atoms with Gasteiger partial charge in [0.25, 0.3) is 0 Å². The summed E-state index contributed by atoms with van der Waals surface area (Å²) >= 11 is 0. The Balaban J connectivity index is 1.24. The molecule has 0 aromatic rings. The van der Waals surface area contributed by atoms with Gasteiger partial charge in [0.05, 0.1) is 0 Å². The van der Waals surface area contributed by atoms with E-state index in [1.54, 1.807) is 0 Å². The van der Waals surface area contributed by atoms with Crippen molar-refractivity contribution >= 4 is 5.97 Å². The van der Waals surface area contributed by atoms with Crippen molar-refractivity contribution in [3.63, 3.8) is 0 Å². The van der Waals surface area contributed by atoms with Gasteiger partial charge in [-0.05, 0) is 136 Å². The van der Waals surface area contributed by atoms with Crippen molar-refractivity contribution in [1.82, 2.24) is 10.6 Å². The molecular formula is C29H50N2O2. The van der Waals surface area contributed by atoms with E-state index >= 15 is 0 Å². The lowest BCUT2D eigenvalue weighted by Crippen LogP contribution is -2.56. The summed E-state index contributed by atoms with van der Waals surface area (Å²) in [4.78, 5) is 11.2. The number of nitrogens with one attached hydrogen (secondary N) is 2. The van der Waals surface area contributed by atoms with Gasteiger partial charge < -0.3 is 15.7 Å². The number of carbonyl (C=O) groups is 1.